The normalized spacial score (nSPS) is 10.4. The van der Waals surface area contributed by atoms with Crippen molar-refractivity contribution >= 4 is 33.4 Å². The molecule has 0 unspecified atom stereocenters. The Morgan fingerprint density at radius 2 is 2.40 bits per heavy atom. The number of halogens is 1. The van der Waals surface area contributed by atoms with E-state index in [1.54, 1.807) is 11.3 Å². The van der Waals surface area contributed by atoms with Gasteiger partial charge in [-0.2, -0.15) is 0 Å². The van der Waals surface area contributed by atoms with Crippen LogP contribution in [0.1, 0.15) is 18.7 Å². The summed E-state index contributed by atoms with van der Waals surface area (Å²) in [5, 5.41) is 4.67. The molecule has 3 nitrogen and oxygen atoms in total. The Morgan fingerprint density at radius 3 is 2.93 bits per heavy atom. The van der Waals surface area contributed by atoms with Crippen LogP contribution in [0.25, 0.3) is 0 Å². The minimum absolute atomic E-state index is 0.357. The fraction of sp³-hybridized carbons (Fsp3) is 0.500. The SMILES string of the molecule is CC(C)COC(=O)NCc1sccc1Br. The third-order valence-corrected chi connectivity index (χ3v) is 3.56. The number of hydrogen-bond acceptors (Lipinski definition) is 3. The first-order valence-corrected chi connectivity index (χ1v) is 6.39. The molecule has 0 fully saturated rings. The molecule has 1 aromatic heterocycles. The van der Waals surface area contributed by atoms with Gasteiger partial charge in [0.2, 0.25) is 0 Å². The van der Waals surface area contributed by atoms with Gasteiger partial charge in [-0.3, -0.25) is 0 Å². The molecule has 0 saturated heterocycles. The first kappa shape index (κ1) is 12.5. The smallest absolute Gasteiger partial charge is 0.407 e. The lowest BCUT2D eigenvalue weighted by Crippen LogP contribution is -2.24. The number of ether oxygens (including phenoxy) is 1. The second kappa shape index (κ2) is 6.12. The summed E-state index contributed by atoms with van der Waals surface area (Å²) in [5.41, 5.74) is 0. The van der Waals surface area contributed by atoms with Gasteiger partial charge in [0.15, 0.2) is 0 Å². The Morgan fingerprint density at radius 1 is 1.67 bits per heavy atom. The minimum Gasteiger partial charge on any atom is -0.449 e. The lowest BCUT2D eigenvalue weighted by molar-refractivity contribution is 0.132. The standard InChI is InChI=1S/C10H14BrNO2S/c1-7(2)6-14-10(13)12-5-9-8(11)3-4-15-9/h3-4,7H,5-6H2,1-2H3,(H,12,13). The highest BCUT2D eigenvalue weighted by Gasteiger charge is 2.06. The van der Waals surface area contributed by atoms with E-state index >= 15 is 0 Å². The molecule has 0 atom stereocenters. The van der Waals surface area contributed by atoms with E-state index < -0.39 is 0 Å². The molecule has 0 aliphatic rings. The summed E-state index contributed by atoms with van der Waals surface area (Å²) in [6.07, 6.45) is -0.357. The molecule has 0 aliphatic heterocycles. The van der Waals surface area contributed by atoms with E-state index in [9.17, 15) is 4.79 Å². The van der Waals surface area contributed by atoms with Gasteiger partial charge in [-0.05, 0) is 33.3 Å². The first-order valence-electron chi connectivity index (χ1n) is 4.72. The fourth-order valence-electron chi connectivity index (χ4n) is 0.897. The van der Waals surface area contributed by atoms with Crippen LogP contribution in [0, 0.1) is 5.92 Å². The number of thiophene rings is 1. The maximum Gasteiger partial charge on any atom is 0.407 e. The van der Waals surface area contributed by atoms with Crippen LogP contribution in [0.2, 0.25) is 0 Å². The summed E-state index contributed by atoms with van der Waals surface area (Å²) in [5.74, 6) is 0.365. The maximum absolute atomic E-state index is 11.2. The number of carbonyl (C=O) groups excluding carboxylic acids is 1. The highest BCUT2D eigenvalue weighted by molar-refractivity contribution is 9.10. The predicted molar refractivity (Wildman–Crippen MR) is 65.0 cm³/mol. The van der Waals surface area contributed by atoms with Crippen molar-refractivity contribution in [2.24, 2.45) is 5.92 Å². The zero-order valence-electron chi connectivity index (χ0n) is 8.75. The van der Waals surface area contributed by atoms with Gasteiger partial charge in [-0.1, -0.05) is 13.8 Å². The van der Waals surface area contributed by atoms with Gasteiger partial charge in [0.1, 0.15) is 0 Å². The molecule has 1 aromatic rings. The summed E-state index contributed by atoms with van der Waals surface area (Å²) in [4.78, 5) is 12.3. The Labute approximate surface area is 102 Å². The van der Waals surface area contributed by atoms with Crippen LogP contribution in [-0.4, -0.2) is 12.7 Å². The number of alkyl carbamates (subject to hydrolysis) is 1. The van der Waals surface area contributed by atoms with E-state index in [0.29, 0.717) is 19.1 Å². The summed E-state index contributed by atoms with van der Waals surface area (Å²) >= 11 is 5.00. The second-order valence-corrected chi connectivity index (χ2v) is 5.39. The van der Waals surface area contributed by atoms with Crippen molar-refractivity contribution in [1.29, 1.82) is 0 Å². The highest BCUT2D eigenvalue weighted by Crippen LogP contribution is 2.22. The quantitative estimate of drug-likeness (QED) is 0.923. The Kier molecular flexibility index (Phi) is 5.11. The number of hydrogen-bond donors (Lipinski definition) is 1. The molecular weight excluding hydrogens is 278 g/mol. The Balaban J connectivity index is 2.26. The van der Waals surface area contributed by atoms with Crippen molar-refractivity contribution in [3.05, 3.63) is 20.8 Å². The molecule has 0 saturated carbocycles. The zero-order valence-corrected chi connectivity index (χ0v) is 11.2. The number of amides is 1. The molecule has 1 rings (SSSR count). The van der Waals surface area contributed by atoms with Gasteiger partial charge < -0.3 is 10.1 Å². The van der Waals surface area contributed by atoms with E-state index in [1.165, 1.54) is 0 Å². The molecule has 84 valence electrons. The summed E-state index contributed by atoms with van der Waals surface area (Å²) in [7, 11) is 0. The Hall–Kier alpha value is -0.550. The van der Waals surface area contributed by atoms with Crippen LogP contribution in [0.3, 0.4) is 0 Å². The largest absolute Gasteiger partial charge is 0.449 e. The molecule has 1 heterocycles. The molecular formula is C10H14BrNO2S. The monoisotopic (exact) mass is 291 g/mol. The highest BCUT2D eigenvalue weighted by atomic mass is 79.9. The summed E-state index contributed by atoms with van der Waals surface area (Å²) in [6.45, 7) is 4.97. The van der Waals surface area contributed by atoms with Crippen LogP contribution in [-0.2, 0) is 11.3 Å². The van der Waals surface area contributed by atoms with E-state index in [4.69, 9.17) is 4.74 Å². The van der Waals surface area contributed by atoms with Crippen LogP contribution < -0.4 is 5.32 Å². The molecule has 1 N–H and O–H groups in total. The van der Waals surface area contributed by atoms with E-state index in [1.807, 2.05) is 25.3 Å². The first-order chi connectivity index (χ1) is 7.09. The molecule has 0 radical (unpaired) electrons. The number of carbonyl (C=O) groups is 1. The summed E-state index contributed by atoms with van der Waals surface area (Å²) in [6, 6.07) is 1.96. The van der Waals surface area contributed by atoms with Crippen molar-refractivity contribution in [1.82, 2.24) is 5.32 Å². The molecule has 0 aliphatic carbocycles. The molecule has 5 heteroatoms. The average Bonchev–Trinajstić information content (AvgIpc) is 2.58. The van der Waals surface area contributed by atoms with Crippen molar-refractivity contribution < 1.29 is 9.53 Å². The number of nitrogens with one attached hydrogen (secondary N) is 1. The average molecular weight is 292 g/mol. The second-order valence-electron chi connectivity index (χ2n) is 3.54. The van der Waals surface area contributed by atoms with Gasteiger partial charge in [-0.15, -0.1) is 11.3 Å². The third-order valence-electron chi connectivity index (χ3n) is 1.63. The van der Waals surface area contributed by atoms with Gasteiger partial charge in [-0.25, -0.2) is 4.79 Å². The molecule has 0 bridgehead atoms. The van der Waals surface area contributed by atoms with E-state index in [0.717, 1.165) is 9.35 Å². The van der Waals surface area contributed by atoms with Crippen molar-refractivity contribution in [2.75, 3.05) is 6.61 Å². The lowest BCUT2D eigenvalue weighted by atomic mass is 10.2. The van der Waals surface area contributed by atoms with E-state index in [2.05, 4.69) is 21.2 Å². The van der Waals surface area contributed by atoms with Crippen LogP contribution >= 0.6 is 27.3 Å². The minimum atomic E-state index is -0.357. The molecule has 0 spiro atoms. The fourth-order valence-corrected chi connectivity index (χ4v) is 2.33. The topological polar surface area (TPSA) is 38.3 Å². The lowest BCUT2D eigenvalue weighted by Gasteiger charge is -2.08. The van der Waals surface area contributed by atoms with Crippen molar-refractivity contribution in [2.45, 2.75) is 20.4 Å². The third kappa shape index (κ3) is 4.66. The van der Waals surface area contributed by atoms with Gasteiger partial charge in [0.05, 0.1) is 13.2 Å². The molecule has 1 amide bonds. The van der Waals surface area contributed by atoms with E-state index in [-0.39, 0.29) is 6.09 Å². The summed E-state index contributed by atoms with van der Waals surface area (Å²) < 4.78 is 6.01. The van der Waals surface area contributed by atoms with Crippen molar-refractivity contribution in [3.63, 3.8) is 0 Å². The zero-order chi connectivity index (χ0) is 11.3. The predicted octanol–water partition coefficient (Wildman–Crippen LogP) is 3.39. The molecule has 0 aromatic carbocycles. The Bertz CT molecular complexity index is 325. The van der Waals surface area contributed by atoms with Gasteiger partial charge >= 0.3 is 6.09 Å². The van der Waals surface area contributed by atoms with Gasteiger partial charge in [0.25, 0.3) is 0 Å². The van der Waals surface area contributed by atoms with Gasteiger partial charge in [0, 0.05) is 9.35 Å². The maximum atomic E-state index is 11.2. The van der Waals surface area contributed by atoms with Crippen LogP contribution in [0.5, 0.6) is 0 Å². The van der Waals surface area contributed by atoms with Crippen LogP contribution in [0.15, 0.2) is 15.9 Å². The van der Waals surface area contributed by atoms with Crippen molar-refractivity contribution in [3.8, 4) is 0 Å². The number of rotatable bonds is 4. The van der Waals surface area contributed by atoms with Crippen LogP contribution in [0.4, 0.5) is 4.79 Å². The molecule has 15 heavy (non-hydrogen) atoms.